The van der Waals surface area contributed by atoms with Crippen LogP contribution in [0.15, 0.2) is 24.3 Å². The Hall–Kier alpha value is -2.86. The average molecular weight is 500 g/mol. The molecule has 2 aliphatic carbocycles. The zero-order valence-electron chi connectivity index (χ0n) is 19.8. The van der Waals surface area contributed by atoms with Crippen molar-refractivity contribution in [3.63, 3.8) is 0 Å². The van der Waals surface area contributed by atoms with Crippen LogP contribution in [0.1, 0.15) is 75.8 Å². The van der Waals surface area contributed by atoms with Gasteiger partial charge in [0.1, 0.15) is 11.5 Å². The number of rotatable bonds is 3. The number of carbonyl (C=O) groups is 2. The van der Waals surface area contributed by atoms with Crippen LogP contribution in [0.5, 0.6) is 11.5 Å². The van der Waals surface area contributed by atoms with Gasteiger partial charge in [0.05, 0.1) is 41.1 Å². The van der Waals surface area contributed by atoms with Gasteiger partial charge in [-0.3, -0.25) is 9.59 Å². The van der Waals surface area contributed by atoms with Crippen LogP contribution >= 0.6 is 0 Å². The van der Waals surface area contributed by atoms with Gasteiger partial charge >= 0.3 is 0 Å². The molecule has 0 aromatic heterocycles. The third-order valence-corrected chi connectivity index (χ3v) is 7.65. The Morgan fingerprint density at radius 2 is 1.69 bits per heavy atom. The highest BCUT2D eigenvalue weighted by Crippen LogP contribution is 2.52. The number of aliphatic hydroxyl groups is 3. The van der Waals surface area contributed by atoms with Gasteiger partial charge in [-0.1, -0.05) is 24.3 Å². The molecule has 0 radical (unpaired) electrons. The summed E-state index contributed by atoms with van der Waals surface area (Å²) in [5.41, 5.74) is 3.77. The first kappa shape index (κ1) is 24.8. The second-order valence-corrected chi connectivity index (χ2v) is 9.99. The summed E-state index contributed by atoms with van der Waals surface area (Å²) in [6.45, 7) is 3.01. The van der Waals surface area contributed by atoms with Crippen LogP contribution < -0.4 is 5.73 Å². The van der Waals surface area contributed by atoms with E-state index in [4.69, 9.17) is 15.2 Å². The van der Waals surface area contributed by atoms with Crippen molar-refractivity contribution in [3.05, 3.63) is 57.6 Å². The molecular formula is C26H29NO9. The van der Waals surface area contributed by atoms with E-state index in [2.05, 4.69) is 0 Å². The summed E-state index contributed by atoms with van der Waals surface area (Å²) in [6.07, 6.45) is -5.29. The second-order valence-electron chi connectivity index (χ2n) is 9.99. The van der Waals surface area contributed by atoms with Gasteiger partial charge in [-0.25, -0.2) is 0 Å². The molecule has 0 bridgehead atoms. The number of aliphatic hydroxyl groups excluding tert-OH is 2. The molecule has 5 rings (SSSR count). The number of nitrogens with two attached hydrogens (primary N) is 1. The highest BCUT2D eigenvalue weighted by Gasteiger charge is 2.49. The molecule has 1 heterocycles. The number of carbonyl (C=O) groups excluding carboxylic acids is 2. The van der Waals surface area contributed by atoms with Crippen LogP contribution in [-0.2, 0) is 15.9 Å². The quantitative estimate of drug-likeness (QED) is 0.282. The number of aromatic hydroxyl groups is 2. The summed E-state index contributed by atoms with van der Waals surface area (Å²) in [7, 11) is 0. The molecule has 1 fully saturated rings. The van der Waals surface area contributed by atoms with E-state index in [0.29, 0.717) is 0 Å². The molecule has 192 valence electrons. The number of fused-ring (bicyclic) bond motifs is 3. The molecule has 36 heavy (non-hydrogen) atoms. The Morgan fingerprint density at radius 3 is 2.25 bits per heavy atom. The van der Waals surface area contributed by atoms with Crippen molar-refractivity contribution in [1.29, 1.82) is 0 Å². The highest BCUT2D eigenvalue weighted by molar-refractivity contribution is 6.30. The van der Waals surface area contributed by atoms with Crippen molar-refractivity contribution in [3.8, 4) is 11.5 Å². The van der Waals surface area contributed by atoms with Gasteiger partial charge in [0, 0.05) is 47.6 Å². The minimum Gasteiger partial charge on any atom is -0.507 e. The molecule has 7 atom stereocenters. The Bertz CT molecular complexity index is 1250. The minimum atomic E-state index is -1.78. The number of phenols is 2. The standard InChI is InChI=1S/C26H29NO9/c1-10-21(29)15(27)7-17(35-10)36-16-9-26(34,11(2)28)8-14-18(16)25(33)20-19(24(14)32)22(30)12-5-3-4-6-13(12)23(20)31/h3-6,10-11,15-17,21,28-29,32-34H,7-9,27H2,1-2H3/t10-,11+,15+,16-,17-,21+,26-/m0/s1. The molecule has 0 saturated carbocycles. The number of ether oxygens (including phenoxy) is 2. The third kappa shape index (κ3) is 3.64. The lowest BCUT2D eigenvalue weighted by Crippen LogP contribution is -2.53. The van der Waals surface area contributed by atoms with E-state index in [0.717, 1.165) is 0 Å². The number of phenolic OH excluding ortho intramolecular Hbond substituents is 2. The molecule has 0 unspecified atom stereocenters. The fourth-order valence-electron chi connectivity index (χ4n) is 5.50. The van der Waals surface area contributed by atoms with Gasteiger partial charge in [0.25, 0.3) is 0 Å². The van der Waals surface area contributed by atoms with Gasteiger partial charge in [0.2, 0.25) is 0 Å². The van der Waals surface area contributed by atoms with Crippen LogP contribution in [-0.4, -0.2) is 73.3 Å². The lowest BCUT2D eigenvalue weighted by Gasteiger charge is -2.43. The lowest BCUT2D eigenvalue weighted by atomic mass is 9.71. The Kier molecular flexibility index (Phi) is 5.94. The predicted molar refractivity (Wildman–Crippen MR) is 125 cm³/mol. The summed E-state index contributed by atoms with van der Waals surface area (Å²) < 4.78 is 11.8. The minimum absolute atomic E-state index is 0.000350. The van der Waals surface area contributed by atoms with Crippen LogP contribution in [0.2, 0.25) is 0 Å². The first-order valence-corrected chi connectivity index (χ1v) is 11.9. The van der Waals surface area contributed by atoms with Crippen molar-refractivity contribution >= 4 is 11.6 Å². The normalized spacial score (nSPS) is 32.4. The molecule has 3 aliphatic rings. The van der Waals surface area contributed by atoms with Gasteiger partial charge < -0.3 is 40.7 Å². The predicted octanol–water partition coefficient (Wildman–Crippen LogP) is 0.812. The van der Waals surface area contributed by atoms with E-state index in [1.165, 1.54) is 19.1 Å². The van der Waals surface area contributed by atoms with Crippen molar-refractivity contribution in [2.45, 2.75) is 75.5 Å². The summed E-state index contributed by atoms with van der Waals surface area (Å²) in [4.78, 5) is 26.6. The molecule has 10 nitrogen and oxygen atoms in total. The molecule has 10 heteroatoms. The SMILES string of the molecule is C[C@@H]1O[C@@H](O[C@H]2C[C@](O)([C@@H](C)O)Cc3c(O)c4c(c(O)c32)C(=O)c2ccccc2C4=O)C[C@@H](N)[C@@H]1O. The maximum Gasteiger partial charge on any atom is 0.198 e. The van der Waals surface area contributed by atoms with Crippen molar-refractivity contribution in [2.75, 3.05) is 0 Å². The maximum absolute atomic E-state index is 13.3. The average Bonchev–Trinajstić information content (AvgIpc) is 2.82. The highest BCUT2D eigenvalue weighted by atomic mass is 16.7. The van der Waals surface area contributed by atoms with E-state index in [1.807, 2.05) is 0 Å². The topological polar surface area (TPSA) is 180 Å². The summed E-state index contributed by atoms with van der Waals surface area (Å²) >= 11 is 0. The molecule has 1 saturated heterocycles. The number of hydrogen-bond acceptors (Lipinski definition) is 10. The van der Waals surface area contributed by atoms with Gasteiger partial charge in [-0.15, -0.1) is 0 Å². The van der Waals surface area contributed by atoms with E-state index in [9.17, 15) is 35.1 Å². The zero-order chi connectivity index (χ0) is 26.1. The largest absolute Gasteiger partial charge is 0.507 e. The van der Waals surface area contributed by atoms with Gasteiger partial charge in [-0.2, -0.15) is 0 Å². The fraction of sp³-hybridized carbons (Fsp3) is 0.462. The Balaban J connectivity index is 1.66. The molecular weight excluding hydrogens is 470 g/mol. The molecule has 0 spiro atoms. The Labute approximate surface area is 206 Å². The third-order valence-electron chi connectivity index (χ3n) is 7.65. The summed E-state index contributed by atoms with van der Waals surface area (Å²) in [5.74, 6) is -2.35. The van der Waals surface area contributed by atoms with E-state index < -0.39 is 65.4 Å². The maximum atomic E-state index is 13.3. The zero-order valence-corrected chi connectivity index (χ0v) is 19.8. The van der Waals surface area contributed by atoms with Crippen LogP contribution in [0.3, 0.4) is 0 Å². The van der Waals surface area contributed by atoms with Gasteiger partial charge in [0.15, 0.2) is 17.9 Å². The number of hydrogen-bond donors (Lipinski definition) is 6. The lowest BCUT2D eigenvalue weighted by molar-refractivity contribution is -0.250. The smallest absolute Gasteiger partial charge is 0.198 e. The Morgan fingerprint density at radius 1 is 1.11 bits per heavy atom. The fourth-order valence-corrected chi connectivity index (χ4v) is 5.50. The molecule has 2 aromatic carbocycles. The molecule has 7 N–H and O–H groups in total. The monoisotopic (exact) mass is 499 g/mol. The number of ketones is 2. The van der Waals surface area contributed by atoms with Gasteiger partial charge in [-0.05, 0) is 13.8 Å². The van der Waals surface area contributed by atoms with Crippen LogP contribution in [0.4, 0.5) is 0 Å². The number of benzene rings is 2. The van der Waals surface area contributed by atoms with Crippen molar-refractivity contribution in [1.82, 2.24) is 0 Å². The van der Waals surface area contributed by atoms with E-state index >= 15 is 0 Å². The first-order valence-electron chi connectivity index (χ1n) is 11.9. The molecule has 2 aromatic rings. The second kappa shape index (κ2) is 8.62. The summed E-state index contributed by atoms with van der Waals surface area (Å²) in [6, 6.07) is 5.47. The molecule has 0 amide bonds. The van der Waals surface area contributed by atoms with E-state index in [-0.39, 0.29) is 52.6 Å². The van der Waals surface area contributed by atoms with Crippen molar-refractivity contribution in [2.24, 2.45) is 5.73 Å². The van der Waals surface area contributed by atoms with Crippen LogP contribution in [0.25, 0.3) is 0 Å². The first-order chi connectivity index (χ1) is 16.9. The molecule has 1 aliphatic heterocycles. The summed E-state index contributed by atoms with van der Waals surface area (Å²) in [5, 5.41) is 54.4. The van der Waals surface area contributed by atoms with Crippen molar-refractivity contribution < 1.29 is 44.6 Å². The van der Waals surface area contributed by atoms with Crippen LogP contribution in [0, 0.1) is 0 Å². The van der Waals surface area contributed by atoms with E-state index in [1.54, 1.807) is 19.1 Å².